The predicted molar refractivity (Wildman–Crippen MR) is 56.4 cm³/mol. The highest BCUT2D eigenvalue weighted by molar-refractivity contribution is 5.90. The van der Waals surface area contributed by atoms with Crippen LogP contribution in [0.15, 0.2) is 6.07 Å². The van der Waals surface area contributed by atoms with Crippen molar-refractivity contribution in [1.82, 2.24) is 10.2 Å². The van der Waals surface area contributed by atoms with Crippen LogP contribution >= 0.6 is 0 Å². The molecule has 0 fully saturated rings. The van der Waals surface area contributed by atoms with E-state index in [1.807, 2.05) is 6.92 Å². The number of nitrogens with one attached hydrogen (secondary N) is 2. The van der Waals surface area contributed by atoms with E-state index in [9.17, 15) is 4.79 Å². The maximum absolute atomic E-state index is 11.4. The molecule has 0 saturated carbocycles. The molecular formula is C9H16N4O2. The van der Waals surface area contributed by atoms with Gasteiger partial charge >= 0.3 is 0 Å². The number of anilines is 1. The fourth-order valence-electron chi connectivity index (χ4n) is 1.15. The number of methoxy groups -OCH3 is 1. The van der Waals surface area contributed by atoms with E-state index < -0.39 is 0 Å². The molecule has 1 aromatic rings. The van der Waals surface area contributed by atoms with Crippen molar-refractivity contribution in [3.8, 4) is 0 Å². The van der Waals surface area contributed by atoms with Gasteiger partial charge in [0.05, 0.1) is 12.5 Å². The van der Waals surface area contributed by atoms with Crippen LogP contribution in [0.1, 0.15) is 12.1 Å². The Balaban J connectivity index is 2.42. The molecule has 1 aromatic heterocycles. The Hall–Kier alpha value is -1.40. The predicted octanol–water partition coefficient (Wildman–Crippen LogP) is 0.0204. The Kier molecular flexibility index (Phi) is 4.26. The van der Waals surface area contributed by atoms with E-state index in [-0.39, 0.29) is 18.4 Å². The lowest BCUT2D eigenvalue weighted by molar-refractivity contribution is -0.118. The summed E-state index contributed by atoms with van der Waals surface area (Å²) in [5.74, 6) is 0.364. The standard InChI is InChI=1S/C9H16N4O2/c1-6-3-8(13-12-6)11-9(14)4-7(5-10)15-2/h3,7H,4-5,10H2,1-2H3,(H2,11,12,13,14). The third-order valence-electron chi connectivity index (χ3n) is 1.98. The van der Waals surface area contributed by atoms with Gasteiger partial charge in [0.2, 0.25) is 5.91 Å². The van der Waals surface area contributed by atoms with Gasteiger partial charge in [0, 0.05) is 25.4 Å². The minimum Gasteiger partial charge on any atom is -0.380 e. The average molecular weight is 212 g/mol. The van der Waals surface area contributed by atoms with E-state index in [0.29, 0.717) is 12.4 Å². The molecule has 0 aliphatic rings. The monoisotopic (exact) mass is 212 g/mol. The number of nitrogens with zero attached hydrogens (tertiary/aromatic N) is 1. The Bertz CT molecular complexity index is 320. The average Bonchev–Trinajstić information content (AvgIpc) is 2.60. The van der Waals surface area contributed by atoms with Gasteiger partial charge in [0.25, 0.3) is 0 Å². The first-order chi connectivity index (χ1) is 7.15. The minimum absolute atomic E-state index is 0.154. The number of amides is 1. The zero-order valence-electron chi connectivity index (χ0n) is 8.91. The zero-order valence-corrected chi connectivity index (χ0v) is 8.91. The number of carbonyl (C=O) groups excluding carboxylic acids is 1. The van der Waals surface area contributed by atoms with E-state index >= 15 is 0 Å². The normalized spacial score (nSPS) is 12.5. The second-order valence-corrected chi connectivity index (χ2v) is 3.28. The van der Waals surface area contributed by atoms with Gasteiger partial charge in [-0.25, -0.2) is 0 Å². The maximum Gasteiger partial charge on any atom is 0.228 e. The van der Waals surface area contributed by atoms with Crippen molar-refractivity contribution >= 4 is 11.7 Å². The molecule has 4 N–H and O–H groups in total. The van der Waals surface area contributed by atoms with Gasteiger partial charge in [-0.1, -0.05) is 0 Å². The fourth-order valence-corrected chi connectivity index (χ4v) is 1.15. The number of aryl methyl sites for hydroxylation is 1. The van der Waals surface area contributed by atoms with Crippen molar-refractivity contribution < 1.29 is 9.53 Å². The zero-order chi connectivity index (χ0) is 11.3. The number of rotatable bonds is 5. The van der Waals surface area contributed by atoms with Crippen molar-refractivity contribution in [1.29, 1.82) is 0 Å². The minimum atomic E-state index is -0.245. The first-order valence-corrected chi connectivity index (χ1v) is 4.70. The molecule has 0 radical (unpaired) electrons. The SMILES string of the molecule is COC(CN)CC(=O)Nc1cc(C)[nH]n1. The molecule has 1 amide bonds. The summed E-state index contributed by atoms with van der Waals surface area (Å²) in [6.45, 7) is 2.18. The smallest absolute Gasteiger partial charge is 0.228 e. The third kappa shape index (κ3) is 3.69. The molecule has 0 aliphatic carbocycles. The molecule has 1 rings (SSSR count). The van der Waals surface area contributed by atoms with Crippen molar-refractivity contribution in [3.63, 3.8) is 0 Å². The highest BCUT2D eigenvalue weighted by Gasteiger charge is 2.12. The van der Waals surface area contributed by atoms with Crippen LogP contribution in [-0.4, -0.2) is 35.9 Å². The third-order valence-corrected chi connectivity index (χ3v) is 1.98. The van der Waals surface area contributed by atoms with E-state index in [1.165, 1.54) is 7.11 Å². The van der Waals surface area contributed by atoms with Gasteiger partial charge < -0.3 is 15.8 Å². The molecular weight excluding hydrogens is 196 g/mol. The summed E-state index contributed by atoms with van der Waals surface area (Å²) in [5.41, 5.74) is 6.30. The Morgan fingerprint density at radius 1 is 1.80 bits per heavy atom. The fraction of sp³-hybridized carbons (Fsp3) is 0.556. The molecule has 1 unspecified atom stereocenters. The number of aromatic nitrogens is 2. The largest absolute Gasteiger partial charge is 0.380 e. The Morgan fingerprint density at radius 2 is 2.53 bits per heavy atom. The van der Waals surface area contributed by atoms with Gasteiger partial charge in [-0.2, -0.15) is 5.10 Å². The van der Waals surface area contributed by atoms with Crippen LogP contribution in [0.5, 0.6) is 0 Å². The van der Waals surface area contributed by atoms with E-state index in [2.05, 4.69) is 15.5 Å². The highest BCUT2D eigenvalue weighted by Crippen LogP contribution is 2.05. The van der Waals surface area contributed by atoms with Crippen LogP contribution in [0.4, 0.5) is 5.82 Å². The highest BCUT2D eigenvalue weighted by atomic mass is 16.5. The Labute approximate surface area is 88.2 Å². The molecule has 0 aliphatic heterocycles. The number of aromatic amines is 1. The molecule has 84 valence electrons. The second-order valence-electron chi connectivity index (χ2n) is 3.28. The molecule has 0 aromatic carbocycles. The summed E-state index contributed by atoms with van der Waals surface area (Å²) in [6, 6.07) is 1.75. The van der Waals surface area contributed by atoms with Gasteiger partial charge in [0.1, 0.15) is 0 Å². The first-order valence-electron chi connectivity index (χ1n) is 4.70. The number of hydrogen-bond acceptors (Lipinski definition) is 4. The van der Waals surface area contributed by atoms with Crippen LogP contribution < -0.4 is 11.1 Å². The van der Waals surface area contributed by atoms with Crippen LogP contribution in [0, 0.1) is 6.92 Å². The summed E-state index contributed by atoms with van der Waals surface area (Å²) >= 11 is 0. The number of hydrogen-bond donors (Lipinski definition) is 3. The van der Waals surface area contributed by atoms with Crippen LogP contribution in [-0.2, 0) is 9.53 Å². The molecule has 6 heteroatoms. The van der Waals surface area contributed by atoms with Gasteiger partial charge in [-0.3, -0.25) is 9.89 Å². The van der Waals surface area contributed by atoms with E-state index in [4.69, 9.17) is 10.5 Å². The van der Waals surface area contributed by atoms with E-state index in [1.54, 1.807) is 6.07 Å². The summed E-state index contributed by atoms with van der Waals surface area (Å²) in [6.07, 6.45) is -0.0103. The topological polar surface area (TPSA) is 93.0 Å². The van der Waals surface area contributed by atoms with Gasteiger partial charge in [0.15, 0.2) is 5.82 Å². The van der Waals surface area contributed by atoms with E-state index in [0.717, 1.165) is 5.69 Å². The van der Waals surface area contributed by atoms with Gasteiger partial charge in [-0.05, 0) is 6.92 Å². The van der Waals surface area contributed by atoms with Crippen molar-refractivity contribution in [3.05, 3.63) is 11.8 Å². The number of ether oxygens (including phenoxy) is 1. The summed E-state index contributed by atoms with van der Waals surface area (Å²) < 4.78 is 5.00. The van der Waals surface area contributed by atoms with Crippen LogP contribution in [0.3, 0.4) is 0 Å². The molecule has 6 nitrogen and oxygen atoms in total. The molecule has 15 heavy (non-hydrogen) atoms. The van der Waals surface area contributed by atoms with Crippen molar-refractivity contribution in [2.75, 3.05) is 19.0 Å². The molecule has 0 saturated heterocycles. The van der Waals surface area contributed by atoms with Crippen molar-refractivity contribution in [2.45, 2.75) is 19.4 Å². The second kappa shape index (κ2) is 5.47. The number of H-pyrrole nitrogens is 1. The lowest BCUT2D eigenvalue weighted by Gasteiger charge is -2.11. The Morgan fingerprint density at radius 3 is 3.00 bits per heavy atom. The summed E-state index contributed by atoms with van der Waals surface area (Å²) in [7, 11) is 1.53. The van der Waals surface area contributed by atoms with Gasteiger partial charge in [-0.15, -0.1) is 0 Å². The summed E-state index contributed by atoms with van der Waals surface area (Å²) in [5, 5.41) is 9.27. The quantitative estimate of drug-likeness (QED) is 0.641. The number of carbonyl (C=O) groups is 1. The first kappa shape index (κ1) is 11.7. The van der Waals surface area contributed by atoms with Crippen LogP contribution in [0.2, 0.25) is 0 Å². The molecule has 0 spiro atoms. The molecule has 1 atom stereocenters. The summed E-state index contributed by atoms with van der Waals surface area (Å²) in [4.78, 5) is 11.4. The van der Waals surface area contributed by atoms with Crippen LogP contribution in [0.25, 0.3) is 0 Å². The number of nitrogens with two attached hydrogens (primary N) is 1. The maximum atomic E-state index is 11.4. The lowest BCUT2D eigenvalue weighted by Crippen LogP contribution is -2.28. The lowest BCUT2D eigenvalue weighted by atomic mass is 10.2. The molecule has 0 bridgehead atoms. The molecule has 1 heterocycles. The van der Waals surface area contributed by atoms with Crippen molar-refractivity contribution in [2.24, 2.45) is 5.73 Å².